The fourth-order valence-corrected chi connectivity index (χ4v) is 3.18. The summed E-state index contributed by atoms with van der Waals surface area (Å²) in [6.07, 6.45) is 1.99. The minimum absolute atomic E-state index is 0.145. The molecule has 134 valence electrons. The zero-order chi connectivity index (χ0) is 19.0. The second kappa shape index (κ2) is 6.72. The zero-order valence-corrected chi connectivity index (χ0v) is 15.7. The third kappa shape index (κ3) is 3.22. The van der Waals surface area contributed by atoms with E-state index in [1.807, 2.05) is 79.0 Å². The fraction of sp³-hybridized carbons (Fsp3) is 0.130. The number of amides is 1. The molecular weight excluding hydrogens is 334 g/mol. The predicted octanol–water partition coefficient (Wildman–Crippen LogP) is 5.18. The van der Waals surface area contributed by atoms with Crippen LogP contribution in [0.1, 0.15) is 27.0 Å². The lowest BCUT2D eigenvalue weighted by atomic mass is 10.1. The Hall–Kier alpha value is -3.40. The number of nitrogens with zero attached hydrogens (tertiary/aromatic N) is 2. The average Bonchev–Trinajstić information content (AvgIpc) is 3.00. The molecular formula is C23H21N3O. The van der Waals surface area contributed by atoms with Gasteiger partial charge >= 0.3 is 0 Å². The van der Waals surface area contributed by atoms with Crippen LogP contribution in [-0.2, 0) is 0 Å². The second-order valence-corrected chi connectivity index (χ2v) is 6.88. The van der Waals surface area contributed by atoms with E-state index in [0.29, 0.717) is 11.4 Å². The number of aromatic nitrogens is 2. The van der Waals surface area contributed by atoms with Crippen LogP contribution >= 0.6 is 0 Å². The highest BCUT2D eigenvalue weighted by molar-refractivity contribution is 6.05. The molecule has 4 nitrogen and oxygen atoms in total. The molecule has 4 rings (SSSR count). The standard InChI is InChI=1S/C23H21N3O/c1-15-8-11-18(12-9-15)23(27)25-22-21(19-7-5-4-6-17(19)3)24-20-13-10-16(2)14-26(20)22/h4-14H,1-3H3,(H,25,27). The van der Waals surface area contributed by atoms with E-state index in [0.717, 1.165) is 33.6 Å². The Morgan fingerprint density at radius 2 is 1.59 bits per heavy atom. The average molecular weight is 355 g/mol. The van der Waals surface area contributed by atoms with E-state index in [-0.39, 0.29) is 5.91 Å². The zero-order valence-electron chi connectivity index (χ0n) is 15.7. The first-order valence-electron chi connectivity index (χ1n) is 8.95. The maximum absolute atomic E-state index is 12.9. The van der Waals surface area contributed by atoms with E-state index < -0.39 is 0 Å². The van der Waals surface area contributed by atoms with Crippen LogP contribution in [0.15, 0.2) is 66.9 Å². The van der Waals surface area contributed by atoms with Crippen molar-refractivity contribution in [1.82, 2.24) is 9.38 Å². The van der Waals surface area contributed by atoms with E-state index in [1.54, 1.807) is 0 Å². The molecule has 4 heteroatoms. The monoisotopic (exact) mass is 355 g/mol. The lowest BCUT2D eigenvalue weighted by Gasteiger charge is -2.10. The summed E-state index contributed by atoms with van der Waals surface area (Å²) >= 11 is 0. The highest BCUT2D eigenvalue weighted by Crippen LogP contribution is 2.31. The molecule has 0 spiro atoms. The van der Waals surface area contributed by atoms with E-state index in [4.69, 9.17) is 4.98 Å². The summed E-state index contributed by atoms with van der Waals surface area (Å²) in [4.78, 5) is 17.7. The molecule has 1 N–H and O–H groups in total. The number of nitrogens with one attached hydrogen (secondary N) is 1. The molecule has 1 amide bonds. The normalized spacial score (nSPS) is 10.9. The third-order valence-electron chi connectivity index (χ3n) is 4.71. The van der Waals surface area contributed by atoms with Gasteiger partial charge in [0.25, 0.3) is 5.91 Å². The number of pyridine rings is 1. The van der Waals surface area contributed by atoms with Crippen molar-refractivity contribution in [3.05, 3.63) is 89.1 Å². The highest BCUT2D eigenvalue weighted by atomic mass is 16.1. The van der Waals surface area contributed by atoms with Crippen LogP contribution in [0.5, 0.6) is 0 Å². The van der Waals surface area contributed by atoms with Crippen LogP contribution in [-0.4, -0.2) is 15.3 Å². The number of carbonyl (C=O) groups excluding carboxylic acids is 1. The lowest BCUT2D eigenvalue weighted by molar-refractivity contribution is 0.102. The van der Waals surface area contributed by atoms with Crippen molar-refractivity contribution in [2.75, 3.05) is 5.32 Å². The summed E-state index contributed by atoms with van der Waals surface area (Å²) in [6, 6.07) is 19.6. The van der Waals surface area contributed by atoms with Crippen molar-refractivity contribution in [2.45, 2.75) is 20.8 Å². The van der Waals surface area contributed by atoms with Crippen molar-refractivity contribution in [3.63, 3.8) is 0 Å². The number of imidazole rings is 1. The molecule has 2 aromatic carbocycles. The molecule has 0 radical (unpaired) electrons. The van der Waals surface area contributed by atoms with E-state index in [1.165, 1.54) is 0 Å². The summed E-state index contributed by atoms with van der Waals surface area (Å²) in [5.74, 6) is 0.543. The third-order valence-corrected chi connectivity index (χ3v) is 4.71. The van der Waals surface area contributed by atoms with Crippen molar-refractivity contribution >= 4 is 17.4 Å². The number of fused-ring (bicyclic) bond motifs is 1. The Balaban J connectivity index is 1.86. The SMILES string of the molecule is Cc1ccc(C(=O)Nc2c(-c3ccccc3C)nc3ccc(C)cn23)cc1. The molecule has 0 saturated carbocycles. The first-order chi connectivity index (χ1) is 13.0. The lowest BCUT2D eigenvalue weighted by Crippen LogP contribution is -2.14. The van der Waals surface area contributed by atoms with Crippen LogP contribution in [0.25, 0.3) is 16.9 Å². The number of benzene rings is 2. The summed E-state index contributed by atoms with van der Waals surface area (Å²) in [5.41, 5.74) is 6.55. The molecule has 0 aliphatic carbocycles. The Kier molecular flexibility index (Phi) is 4.24. The van der Waals surface area contributed by atoms with Gasteiger partial charge < -0.3 is 5.32 Å². The predicted molar refractivity (Wildman–Crippen MR) is 109 cm³/mol. The van der Waals surface area contributed by atoms with E-state index in [2.05, 4.69) is 18.3 Å². The molecule has 0 fully saturated rings. The molecule has 2 heterocycles. The van der Waals surface area contributed by atoms with E-state index >= 15 is 0 Å². The Bertz CT molecular complexity index is 1140. The Labute approximate surface area is 158 Å². The number of hydrogen-bond acceptors (Lipinski definition) is 2. The molecule has 0 unspecified atom stereocenters. The molecule has 0 saturated heterocycles. The van der Waals surface area contributed by atoms with Gasteiger partial charge in [0.05, 0.1) is 0 Å². The van der Waals surface area contributed by atoms with Crippen LogP contribution in [0.2, 0.25) is 0 Å². The molecule has 2 aromatic heterocycles. The highest BCUT2D eigenvalue weighted by Gasteiger charge is 2.18. The quantitative estimate of drug-likeness (QED) is 0.550. The first-order valence-corrected chi connectivity index (χ1v) is 8.95. The summed E-state index contributed by atoms with van der Waals surface area (Å²) in [7, 11) is 0. The van der Waals surface area contributed by atoms with Gasteiger partial charge in [0, 0.05) is 17.3 Å². The van der Waals surface area contributed by atoms with Crippen molar-refractivity contribution in [1.29, 1.82) is 0 Å². The van der Waals surface area contributed by atoms with Gasteiger partial charge in [-0.3, -0.25) is 9.20 Å². The second-order valence-electron chi connectivity index (χ2n) is 6.88. The first kappa shape index (κ1) is 17.0. The van der Waals surface area contributed by atoms with Gasteiger partial charge in [-0.2, -0.15) is 0 Å². The van der Waals surface area contributed by atoms with Gasteiger partial charge in [0.1, 0.15) is 17.2 Å². The smallest absolute Gasteiger partial charge is 0.256 e. The topological polar surface area (TPSA) is 46.4 Å². The molecule has 0 aliphatic heterocycles. The van der Waals surface area contributed by atoms with Gasteiger partial charge in [-0.1, -0.05) is 48.0 Å². The van der Waals surface area contributed by atoms with Crippen molar-refractivity contribution in [2.24, 2.45) is 0 Å². The number of hydrogen-bond donors (Lipinski definition) is 1. The van der Waals surface area contributed by atoms with Crippen molar-refractivity contribution in [3.8, 4) is 11.3 Å². The van der Waals surface area contributed by atoms with E-state index in [9.17, 15) is 4.79 Å². The molecule has 27 heavy (non-hydrogen) atoms. The molecule has 0 bridgehead atoms. The minimum Gasteiger partial charge on any atom is -0.306 e. The number of carbonyl (C=O) groups is 1. The maximum atomic E-state index is 12.9. The summed E-state index contributed by atoms with van der Waals surface area (Å²) < 4.78 is 1.95. The number of anilines is 1. The maximum Gasteiger partial charge on any atom is 0.256 e. The number of rotatable bonds is 3. The van der Waals surface area contributed by atoms with Crippen molar-refractivity contribution < 1.29 is 4.79 Å². The van der Waals surface area contributed by atoms with Crippen LogP contribution in [0.3, 0.4) is 0 Å². The largest absolute Gasteiger partial charge is 0.306 e. The van der Waals surface area contributed by atoms with Crippen LogP contribution < -0.4 is 5.32 Å². The van der Waals surface area contributed by atoms with Gasteiger partial charge in [-0.25, -0.2) is 4.98 Å². The fourth-order valence-electron chi connectivity index (χ4n) is 3.18. The van der Waals surface area contributed by atoms with Gasteiger partial charge in [0.15, 0.2) is 0 Å². The minimum atomic E-state index is -0.145. The summed E-state index contributed by atoms with van der Waals surface area (Å²) in [6.45, 7) is 6.08. The van der Waals surface area contributed by atoms with Gasteiger partial charge in [0.2, 0.25) is 0 Å². The molecule has 0 aliphatic rings. The number of aryl methyl sites for hydroxylation is 3. The molecule has 0 atom stereocenters. The Morgan fingerprint density at radius 1 is 0.889 bits per heavy atom. The van der Waals surface area contributed by atoms with Crippen LogP contribution in [0, 0.1) is 20.8 Å². The summed E-state index contributed by atoms with van der Waals surface area (Å²) in [5, 5.41) is 3.08. The Morgan fingerprint density at radius 3 is 2.33 bits per heavy atom. The molecule has 4 aromatic rings. The van der Waals surface area contributed by atoms with Gasteiger partial charge in [-0.15, -0.1) is 0 Å². The van der Waals surface area contributed by atoms with Crippen LogP contribution in [0.4, 0.5) is 5.82 Å². The van der Waals surface area contributed by atoms with Gasteiger partial charge in [-0.05, 0) is 50.1 Å².